The Morgan fingerprint density at radius 1 is 0.851 bits per heavy atom. The van der Waals surface area contributed by atoms with Gasteiger partial charge in [0.2, 0.25) is 17.7 Å². The molecule has 1 saturated carbocycles. The van der Waals surface area contributed by atoms with Crippen LogP contribution in [0.25, 0.3) is 0 Å². The fourth-order valence-electron chi connectivity index (χ4n) is 6.45. The van der Waals surface area contributed by atoms with Crippen molar-refractivity contribution >= 4 is 29.3 Å². The number of carbonyl (C=O) groups excluding carboxylic acids is 4. The van der Waals surface area contributed by atoms with Gasteiger partial charge in [-0.05, 0) is 60.2 Å². The molecule has 1 aliphatic carbocycles. The zero-order valence-electron chi connectivity index (χ0n) is 27.4. The van der Waals surface area contributed by atoms with Crippen LogP contribution in [0.1, 0.15) is 67.1 Å². The quantitative estimate of drug-likeness (QED) is 0.276. The topological polar surface area (TPSA) is 142 Å². The van der Waals surface area contributed by atoms with Gasteiger partial charge in [0.25, 0.3) is 5.91 Å². The van der Waals surface area contributed by atoms with Gasteiger partial charge in [-0.25, -0.2) is 0 Å². The fraction of sp³-hybridized carbons (Fsp3) is 0.486. The fourth-order valence-corrected chi connectivity index (χ4v) is 6.45. The highest BCUT2D eigenvalue weighted by molar-refractivity contribution is 6.00. The minimum absolute atomic E-state index is 0.0478. The van der Waals surface area contributed by atoms with E-state index in [0.29, 0.717) is 30.9 Å². The van der Waals surface area contributed by atoms with Crippen LogP contribution in [0.3, 0.4) is 0 Å². The number of aryl methyl sites for hydroxylation is 1. The second-order valence-corrected chi connectivity index (χ2v) is 12.5. The van der Waals surface area contributed by atoms with E-state index in [2.05, 4.69) is 30.9 Å². The van der Waals surface area contributed by atoms with E-state index in [1.54, 1.807) is 50.8 Å². The first kappa shape index (κ1) is 33.8. The number of hydrogen-bond donors (Lipinski definition) is 3. The Morgan fingerprint density at radius 3 is 2.19 bits per heavy atom. The molecule has 3 heterocycles. The summed E-state index contributed by atoms with van der Waals surface area (Å²) in [5.74, 6) is -0.804. The lowest BCUT2D eigenvalue weighted by molar-refractivity contribution is -0.138. The van der Waals surface area contributed by atoms with Gasteiger partial charge in [0.05, 0.1) is 0 Å². The number of nitrogens with zero attached hydrogens (tertiary/aromatic N) is 5. The maximum atomic E-state index is 13.6. The van der Waals surface area contributed by atoms with Gasteiger partial charge in [-0.3, -0.25) is 33.7 Å². The van der Waals surface area contributed by atoms with Crippen LogP contribution in [0.4, 0.5) is 5.69 Å². The maximum Gasteiger partial charge on any atom is 0.270 e. The van der Waals surface area contributed by atoms with Crippen molar-refractivity contribution < 1.29 is 19.2 Å². The molecule has 2 aliphatic rings. The SMILES string of the molecule is CCC(=O)NC(Cc1ccc(NC(=O)[C@@H](NC(=O)c2ccnn2C)C2CCCCC2)cc1)C(=O)N1CCN(Cc2ccncc2)CC1. The van der Waals surface area contributed by atoms with Crippen LogP contribution in [0, 0.1) is 5.92 Å². The highest BCUT2D eigenvalue weighted by Gasteiger charge is 2.32. The molecule has 1 aliphatic heterocycles. The summed E-state index contributed by atoms with van der Waals surface area (Å²) in [6.07, 6.45) is 10.7. The number of aromatic nitrogens is 3. The number of carbonyl (C=O) groups is 4. The van der Waals surface area contributed by atoms with Gasteiger partial charge in [0.15, 0.2) is 0 Å². The smallest absolute Gasteiger partial charge is 0.270 e. The summed E-state index contributed by atoms with van der Waals surface area (Å²) in [7, 11) is 1.70. The number of rotatable bonds is 12. The Kier molecular flexibility index (Phi) is 11.7. The molecule has 0 spiro atoms. The third kappa shape index (κ3) is 9.25. The molecule has 1 unspecified atom stereocenters. The summed E-state index contributed by atoms with van der Waals surface area (Å²) >= 11 is 0. The van der Waals surface area contributed by atoms with E-state index in [4.69, 9.17) is 0 Å². The van der Waals surface area contributed by atoms with E-state index >= 15 is 0 Å². The number of piperazine rings is 1. The van der Waals surface area contributed by atoms with Gasteiger partial charge in [0, 0.05) is 76.9 Å². The molecule has 4 amide bonds. The zero-order valence-corrected chi connectivity index (χ0v) is 27.4. The van der Waals surface area contributed by atoms with E-state index in [0.717, 1.165) is 57.3 Å². The van der Waals surface area contributed by atoms with E-state index in [1.807, 2.05) is 29.2 Å². The Morgan fingerprint density at radius 2 is 1.55 bits per heavy atom. The minimum atomic E-state index is -0.687. The summed E-state index contributed by atoms with van der Waals surface area (Å²) in [5, 5.41) is 13.0. The third-order valence-corrected chi connectivity index (χ3v) is 9.20. The Labute approximate surface area is 276 Å². The lowest BCUT2D eigenvalue weighted by Crippen LogP contribution is -2.55. The average molecular weight is 643 g/mol. The first-order valence-corrected chi connectivity index (χ1v) is 16.7. The standard InChI is InChI=1S/C35H46N8O4/c1-3-31(44)39-29(35(47)43-21-19-42(20-22-43)24-26-13-16-36-17-14-26)23-25-9-11-28(12-10-25)38-34(46)32(27-7-5-4-6-8-27)40-33(45)30-15-18-37-41(30)2/h9-18,27,29,32H,3-8,19-24H2,1-2H3,(H,38,46)(H,39,44)(H,40,45)/t29?,32-/m0/s1. The van der Waals surface area contributed by atoms with Gasteiger partial charge in [-0.1, -0.05) is 38.3 Å². The van der Waals surface area contributed by atoms with E-state index in [1.165, 1.54) is 10.2 Å². The molecule has 3 aromatic rings. The molecule has 3 N–H and O–H groups in total. The van der Waals surface area contributed by atoms with Gasteiger partial charge in [-0.2, -0.15) is 5.10 Å². The molecule has 5 rings (SSSR count). The van der Waals surface area contributed by atoms with Crippen LogP contribution < -0.4 is 16.0 Å². The highest BCUT2D eigenvalue weighted by Crippen LogP contribution is 2.27. The predicted octanol–water partition coefficient (Wildman–Crippen LogP) is 2.91. The molecule has 1 aromatic carbocycles. The zero-order chi connectivity index (χ0) is 33.2. The van der Waals surface area contributed by atoms with Gasteiger partial charge in [0.1, 0.15) is 17.8 Å². The summed E-state index contributed by atoms with van der Waals surface area (Å²) in [6, 6.07) is 11.6. The van der Waals surface area contributed by atoms with Crippen molar-refractivity contribution in [2.75, 3.05) is 31.5 Å². The van der Waals surface area contributed by atoms with Crippen LogP contribution in [0.15, 0.2) is 61.1 Å². The molecule has 12 nitrogen and oxygen atoms in total. The number of benzene rings is 1. The lowest BCUT2D eigenvalue weighted by Gasteiger charge is -2.36. The van der Waals surface area contributed by atoms with E-state index in [9.17, 15) is 19.2 Å². The number of pyridine rings is 1. The second kappa shape index (κ2) is 16.3. The molecule has 2 fully saturated rings. The summed E-state index contributed by atoms with van der Waals surface area (Å²) < 4.78 is 1.49. The van der Waals surface area contributed by atoms with Crippen LogP contribution in [0.5, 0.6) is 0 Å². The average Bonchev–Trinajstić information content (AvgIpc) is 3.54. The van der Waals surface area contributed by atoms with Crippen LogP contribution >= 0.6 is 0 Å². The number of amides is 4. The Bertz CT molecular complexity index is 1500. The first-order valence-electron chi connectivity index (χ1n) is 16.7. The second-order valence-electron chi connectivity index (χ2n) is 12.5. The largest absolute Gasteiger partial charge is 0.344 e. The van der Waals surface area contributed by atoms with Gasteiger partial charge in [-0.15, -0.1) is 0 Å². The molecule has 12 heteroatoms. The molecule has 2 aromatic heterocycles. The van der Waals surface area contributed by atoms with Crippen molar-refractivity contribution in [2.45, 2.75) is 70.5 Å². The van der Waals surface area contributed by atoms with Crippen LogP contribution in [-0.4, -0.2) is 86.5 Å². The van der Waals surface area contributed by atoms with Crippen molar-refractivity contribution in [3.05, 3.63) is 77.9 Å². The summed E-state index contributed by atoms with van der Waals surface area (Å²) in [4.78, 5) is 60.9. The third-order valence-electron chi connectivity index (χ3n) is 9.20. The first-order chi connectivity index (χ1) is 22.8. The summed E-state index contributed by atoms with van der Waals surface area (Å²) in [6.45, 7) is 5.26. The Hall–Kier alpha value is -4.58. The van der Waals surface area contributed by atoms with Crippen LogP contribution in [-0.2, 0) is 34.4 Å². The number of nitrogens with one attached hydrogen (secondary N) is 3. The normalized spacial score (nSPS) is 17.0. The molecule has 0 radical (unpaired) electrons. The van der Waals surface area contributed by atoms with Crippen molar-refractivity contribution in [2.24, 2.45) is 13.0 Å². The predicted molar refractivity (Wildman–Crippen MR) is 178 cm³/mol. The maximum absolute atomic E-state index is 13.6. The van der Waals surface area contributed by atoms with E-state index < -0.39 is 12.1 Å². The molecular formula is C35H46N8O4. The Balaban J connectivity index is 1.20. The molecule has 1 saturated heterocycles. The molecule has 47 heavy (non-hydrogen) atoms. The minimum Gasteiger partial charge on any atom is -0.344 e. The van der Waals surface area contributed by atoms with Gasteiger partial charge < -0.3 is 20.9 Å². The molecule has 0 bridgehead atoms. The number of anilines is 1. The summed E-state index contributed by atoms with van der Waals surface area (Å²) in [5.41, 5.74) is 3.04. The number of hydrogen-bond acceptors (Lipinski definition) is 7. The van der Waals surface area contributed by atoms with Gasteiger partial charge >= 0.3 is 0 Å². The highest BCUT2D eigenvalue weighted by atomic mass is 16.2. The lowest BCUT2D eigenvalue weighted by atomic mass is 9.83. The van der Waals surface area contributed by atoms with Crippen molar-refractivity contribution in [1.82, 2.24) is 35.2 Å². The van der Waals surface area contributed by atoms with Crippen molar-refractivity contribution in [1.29, 1.82) is 0 Å². The van der Waals surface area contributed by atoms with Crippen LogP contribution in [0.2, 0.25) is 0 Å². The monoisotopic (exact) mass is 642 g/mol. The molecule has 2 atom stereocenters. The molecule has 250 valence electrons. The van der Waals surface area contributed by atoms with Crippen molar-refractivity contribution in [3.63, 3.8) is 0 Å². The van der Waals surface area contributed by atoms with E-state index in [-0.39, 0.29) is 36.0 Å². The molecular weight excluding hydrogens is 596 g/mol. The van der Waals surface area contributed by atoms with Crippen molar-refractivity contribution in [3.8, 4) is 0 Å².